The molecule has 1 aromatic carbocycles. The van der Waals surface area contributed by atoms with E-state index >= 15 is 0 Å². The van der Waals surface area contributed by atoms with E-state index in [-0.39, 0.29) is 0 Å². The summed E-state index contributed by atoms with van der Waals surface area (Å²) >= 11 is 0. The van der Waals surface area contributed by atoms with Crippen molar-refractivity contribution in [3.05, 3.63) is 60.7 Å². The van der Waals surface area contributed by atoms with E-state index in [4.69, 9.17) is 4.52 Å². The summed E-state index contributed by atoms with van der Waals surface area (Å²) in [7, 11) is 0. The third-order valence-corrected chi connectivity index (χ3v) is 3.41. The van der Waals surface area contributed by atoms with Crippen LogP contribution in [0.25, 0.3) is 34.2 Å². The van der Waals surface area contributed by atoms with Crippen LogP contribution in [0.1, 0.15) is 5.82 Å². The second-order valence-electron chi connectivity index (χ2n) is 5.08. The molecule has 7 nitrogen and oxygen atoms in total. The Hall–Kier alpha value is -3.48. The highest BCUT2D eigenvalue weighted by atomic mass is 16.5. The maximum absolute atomic E-state index is 5.40. The summed E-state index contributed by atoms with van der Waals surface area (Å²) in [6.45, 7) is 1.84. The van der Waals surface area contributed by atoms with Gasteiger partial charge in [-0.1, -0.05) is 35.5 Å². The van der Waals surface area contributed by atoms with Gasteiger partial charge in [-0.3, -0.25) is 0 Å². The smallest absolute Gasteiger partial charge is 0.262 e. The Bertz CT molecular complexity index is 969. The molecule has 0 saturated carbocycles. The van der Waals surface area contributed by atoms with Crippen molar-refractivity contribution in [3.63, 3.8) is 0 Å². The summed E-state index contributed by atoms with van der Waals surface area (Å²) in [5.74, 6) is 1.39. The quantitative estimate of drug-likeness (QED) is 0.574. The molecule has 0 amide bonds. The molecule has 0 spiro atoms. The van der Waals surface area contributed by atoms with Crippen LogP contribution < -0.4 is 0 Å². The van der Waals surface area contributed by atoms with Crippen molar-refractivity contribution < 1.29 is 4.52 Å². The fraction of sp³-hybridized carbons (Fsp3) is 0.0588. The average Bonchev–Trinajstić information content (AvgIpc) is 3.13. The van der Waals surface area contributed by atoms with E-state index in [1.807, 2.05) is 37.3 Å². The number of aryl methyl sites for hydroxylation is 1. The fourth-order valence-electron chi connectivity index (χ4n) is 2.30. The molecule has 24 heavy (non-hydrogen) atoms. The van der Waals surface area contributed by atoms with Crippen molar-refractivity contribution in [2.75, 3.05) is 0 Å². The van der Waals surface area contributed by atoms with Crippen LogP contribution in [0.15, 0.2) is 59.4 Å². The van der Waals surface area contributed by atoms with E-state index in [2.05, 4.69) is 30.3 Å². The minimum absolute atomic E-state index is 0.342. The van der Waals surface area contributed by atoms with Crippen LogP contribution in [0.3, 0.4) is 0 Å². The van der Waals surface area contributed by atoms with E-state index in [0.717, 1.165) is 11.3 Å². The lowest BCUT2D eigenvalue weighted by Crippen LogP contribution is -1.95. The van der Waals surface area contributed by atoms with Crippen molar-refractivity contribution in [1.29, 1.82) is 0 Å². The topological polar surface area (TPSA) is 90.5 Å². The molecular weight excluding hydrogens is 304 g/mol. The molecular formula is C17H12N6O. The standard InChI is InChI=1S/C17H12N6O/c1-11-18-10-13(15(20-11)12-6-3-2-4-7-12)17-21-16(23-24-17)14-8-5-9-19-22-14/h2-10H,1H3. The molecule has 0 aliphatic rings. The zero-order chi connectivity index (χ0) is 16.4. The molecule has 7 heteroatoms. The number of nitrogens with zero attached hydrogens (tertiary/aromatic N) is 6. The molecule has 0 aliphatic heterocycles. The van der Waals surface area contributed by atoms with Gasteiger partial charge in [0.25, 0.3) is 5.89 Å². The maximum Gasteiger partial charge on any atom is 0.262 e. The number of hydrogen-bond acceptors (Lipinski definition) is 7. The number of benzene rings is 1. The third kappa shape index (κ3) is 2.63. The summed E-state index contributed by atoms with van der Waals surface area (Å²) in [6.07, 6.45) is 3.28. The summed E-state index contributed by atoms with van der Waals surface area (Å²) in [6, 6.07) is 13.4. The average molecular weight is 316 g/mol. The van der Waals surface area contributed by atoms with Crippen molar-refractivity contribution in [2.24, 2.45) is 0 Å². The molecule has 0 radical (unpaired) electrons. The molecule has 4 aromatic rings. The summed E-state index contributed by atoms with van der Waals surface area (Å²) in [5, 5.41) is 11.8. The Labute approximate surface area is 137 Å². The van der Waals surface area contributed by atoms with Gasteiger partial charge in [0.15, 0.2) is 0 Å². The molecule has 0 bridgehead atoms. The lowest BCUT2D eigenvalue weighted by molar-refractivity contribution is 0.432. The lowest BCUT2D eigenvalue weighted by atomic mass is 10.1. The summed E-state index contributed by atoms with van der Waals surface area (Å²) in [5.41, 5.74) is 2.92. The first-order valence-corrected chi connectivity index (χ1v) is 7.32. The molecule has 0 atom stereocenters. The fourth-order valence-corrected chi connectivity index (χ4v) is 2.30. The molecule has 0 N–H and O–H groups in total. The van der Waals surface area contributed by atoms with Gasteiger partial charge in [-0.05, 0) is 19.1 Å². The van der Waals surface area contributed by atoms with Gasteiger partial charge in [0.1, 0.15) is 11.5 Å². The number of hydrogen-bond donors (Lipinski definition) is 0. The van der Waals surface area contributed by atoms with Crippen molar-refractivity contribution in [2.45, 2.75) is 6.92 Å². The van der Waals surface area contributed by atoms with Crippen LogP contribution in [-0.4, -0.2) is 30.3 Å². The highest BCUT2D eigenvalue weighted by molar-refractivity contribution is 5.76. The van der Waals surface area contributed by atoms with Gasteiger partial charge in [-0.15, -0.1) is 5.10 Å². The zero-order valence-electron chi connectivity index (χ0n) is 12.8. The van der Waals surface area contributed by atoms with Crippen LogP contribution in [0.4, 0.5) is 0 Å². The van der Waals surface area contributed by atoms with Crippen molar-refractivity contribution in [1.82, 2.24) is 30.3 Å². The Morgan fingerprint density at radius 1 is 0.958 bits per heavy atom. The van der Waals surface area contributed by atoms with E-state index in [0.29, 0.717) is 28.8 Å². The molecule has 0 unspecified atom stereocenters. The van der Waals surface area contributed by atoms with Crippen LogP contribution in [-0.2, 0) is 0 Å². The Balaban J connectivity index is 1.82. The van der Waals surface area contributed by atoms with Crippen LogP contribution in [0.5, 0.6) is 0 Å². The predicted octanol–water partition coefficient (Wildman–Crippen LogP) is 2.96. The first-order valence-electron chi connectivity index (χ1n) is 7.32. The van der Waals surface area contributed by atoms with E-state index in [1.54, 1.807) is 24.5 Å². The number of rotatable bonds is 3. The second-order valence-corrected chi connectivity index (χ2v) is 5.08. The van der Waals surface area contributed by atoms with Gasteiger partial charge in [0.2, 0.25) is 5.82 Å². The van der Waals surface area contributed by atoms with Crippen molar-refractivity contribution >= 4 is 0 Å². The lowest BCUT2D eigenvalue weighted by Gasteiger charge is -2.05. The van der Waals surface area contributed by atoms with Crippen molar-refractivity contribution in [3.8, 4) is 34.2 Å². The molecule has 0 fully saturated rings. The Kier molecular flexibility index (Phi) is 3.51. The van der Waals surface area contributed by atoms with Crippen LogP contribution in [0, 0.1) is 6.92 Å². The Morgan fingerprint density at radius 2 is 1.83 bits per heavy atom. The van der Waals surface area contributed by atoms with E-state index in [9.17, 15) is 0 Å². The van der Waals surface area contributed by atoms with E-state index < -0.39 is 0 Å². The highest BCUT2D eigenvalue weighted by Crippen LogP contribution is 2.29. The maximum atomic E-state index is 5.40. The van der Waals surface area contributed by atoms with Gasteiger partial charge in [-0.2, -0.15) is 10.1 Å². The SMILES string of the molecule is Cc1ncc(-c2nc(-c3cccnn3)no2)c(-c2ccccc2)n1. The molecule has 3 aromatic heterocycles. The van der Waals surface area contributed by atoms with Gasteiger partial charge >= 0.3 is 0 Å². The van der Waals surface area contributed by atoms with Crippen LogP contribution >= 0.6 is 0 Å². The third-order valence-electron chi connectivity index (χ3n) is 3.41. The normalized spacial score (nSPS) is 10.7. The second kappa shape index (κ2) is 5.96. The largest absolute Gasteiger partial charge is 0.333 e. The predicted molar refractivity (Wildman–Crippen MR) is 86.5 cm³/mol. The van der Waals surface area contributed by atoms with Gasteiger partial charge in [-0.25, -0.2) is 9.97 Å². The minimum atomic E-state index is 0.342. The molecule has 3 heterocycles. The molecule has 0 saturated heterocycles. The van der Waals surface area contributed by atoms with Gasteiger partial charge < -0.3 is 4.52 Å². The van der Waals surface area contributed by atoms with Gasteiger partial charge in [0, 0.05) is 18.0 Å². The number of aromatic nitrogens is 6. The van der Waals surface area contributed by atoms with E-state index in [1.165, 1.54) is 0 Å². The summed E-state index contributed by atoms with van der Waals surface area (Å²) in [4.78, 5) is 13.2. The molecule has 0 aliphatic carbocycles. The highest BCUT2D eigenvalue weighted by Gasteiger charge is 2.17. The van der Waals surface area contributed by atoms with Crippen LogP contribution in [0.2, 0.25) is 0 Å². The molecule has 116 valence electrons. The minimum Gasteiger partial charge on any atom is -0.333 e. The monoisotopic (exact) mass is 316 g/mol. The van der Waals surface area contributed by atoms with Gasteiger partial charge in [0.05, 0.1) is 11.3 Å². The zero-order valence-corrected chi connectivity index (χ0v) is 12.8. The first-order chi connectivity index (χ1) is 11.8. The first kappa shape index (κ1) is 14.1. The summed E-state index contributed by atoms with van der Waals surface area (Å²) < 4.78 is 5.40. The molecule has 4 rings (SSSR count). The Morgan fingerprint density at radius 3 is 2.62 bits per heavy atom.